The molecular weight excluding hydrogens is 427 g/mol. The molecule has 1 N–H and O–H groups in total. The number of benzene rings is 1. The first-order chi connectivity index (χ1) is 13.2. The van der Waals surface area contributed by atoms with E-state index >= 15 is 0 Å². The van der Waals surface area contributed by atoms with Gasteiger partial charge in [0.1, 0.15) is 5.82 Å². The number of hydrogen-bond acceptors (Lipinski definition) is 4. The SMILES string of the molecule is CCCC1(C(=O)O)C(CC(C)OC)N=C(C)C(C#N)C1c1ccc(F)cc1Br. The number of methoxy groups -OCH3 is 1. The second-order valence-electron chi connectivity index (χ2n) is 7.41. The van der Waals surface area contributed by atoms with Crippen LogP contribution >= 0.6 is 15.9 Å². The van der Waals surface area contributed by atoms with Crippen LogP contribution in [0.4, 0.5) is 4.39 Å². The average Bonchev–Trinajstić information content (AvgIpc) is 2.63. The summed E-state index contributed by atoms with van der Waals surface area (Å²) in [7, 11) is 1.58. The van der Waals surface area contributed by atoms with E-state index in [1.807, 2.05) is 13.8 Å². The third-order valence-corrected chi connectivity index (χ3v) is 6.44. The smallest absolute Gasteiger partial charge is 0.312 e. The molecule has 0 fully saturated rings. The molecule has 0 bridgehead atoms. The van der Waals surface area contributed by atoms with Gasteiger partial charge in [-0.1, -0.05) is 35.3 Å². The fourth-order valence-corrected chi connectivity index (χ4v) is 4.96. The zero-order chi connectivity index (χ0) is 21.1. The van der Waals surface area contributed by atoms with Gasteiger partial charge >= 0.3 is 5.97 Å². The van der Waals surface area contributed by atoms with Crippen LogP contribution in [-0.2, 0) is 9.53 Å². The van der Waals surface area contributed by atoms with Crippen molar-refractivity contribution in [3.05, 3.63) is 34.1 Å². The maximum Gasteiger partial charge on any atom is 0.312 e. The molecule has 1 aliphatic rings. The highest BCUT2D eigenvalue weighted by atomic mass is 79.9. The minimum Gasteiger partial charge on any atom is -0.481 e. The molecule has 5 nitrogen and oxygen atoms in total. The number of aliphatic imine (C=N–C) groups is 1. The Hall–Kier alpha value is -1.78. The molecule has 0 spiro atoms. The van der Waals surface area contributed by atoms with E-state index in [2.05, 4.69) is 27.0 Å². The predicted molar refractivity (Wildman–Crippen MR) is 109 cm³/mol. The van der Waals surface area contributed by atoms with E-state index in [-0.39, 0.29) is 6.10 Å². The van der Waals surface area contributed by atoms with Gasteiger partial charge in [0.15, 0.2) is 0 Å². The van der Waals surface area contributed by atoms with Crippen LogP contribution in [0.3, 0.4) is 0 Å². The third kappa shape index (κ3) is 3.99. The molecule has 5 unspecified atom stereocenters. The number of halogens is 2. The summed E-state index contributed by atoms with van der Waals surface area (Å²) in [6.07, 6.45) is 1.21. The lowest BCUT2D eigenvalue weighted by molar-refractivity contribution is -0.154. The summed E-state index contributed by atoms with van der Waals surface area (Å²) in [5.41, 5.74) is -0.0694. The normalized spacial score (nSPS) is 28.3. The minimum atomic E-state index is -1.29. The maximum absolute atomic E-state index is 13.7. The maximum atomic E-state index is 13.7. The van der Waals surface area contributed by atoms with Crippen LogP contribution in [0.5, 0.6) is 0 Å². The van der Waals surface area contributed by atoms with Crippen molar-refractivity contribution < 1.29 is 19.0 Å². The quantitative estimate of drug-likeness (QED) is 0.633. The van der Waals surface area contributed by atoms with Gasteiger partial charge in [0, 0.05) is 23.2 Å². The molecule has 0 aliphatic carbocycles. The van der Waals surface area contributed by atoms with Gasteiger partial charge in [-0.15, -0.1) is 0 Å². The number of ether oxygens (including phenoxy) is 1. The monoisotopic (exact) mass is 452 g/mol. The van der Waals surface area contributed by atoms with Crippen molar-refractivity contribution in [1.29, 1.82) is 5.26 Å². The highest BCUT2D eigenvalue weighted by Gasteiger charge is 2.58. The molecule has 1 aromatic carbocycles. The van der Waals surface area contributed by atoms with E-state index in [1.54, 1.807) is 20.1 Å². The molecule has 0 saturated heterocycles. The van der Waals surface area contributed by atoms with Crippen molar-refractivity contribution in [2.75, 3.05) is 7.11 Å². The van der Waals surface area contributed by atoms with Gasteiger partial charge in [0.2, 0.25) is 0 Å². The van der Waals surface area contributed by atoms with E-state index in [0.29, 0.717) is 35.0 Å². The largest absolute Gasteiger partial charge is 0.481 e. The van der Waals surface area contributed by atoms with E-state index < -0.39 is 35.1 Å². The Morgan fingerprint density at radius 2 is 2.21 bits per heavy atom. The average molecular weight is 453 g/mol. The highest BCUT2D eigenvalue weighted by Crippen LogP contribution is 2.54. The van der Waals surface area contributed by atoms with Crippen LogP contribution in [0.15, 0.2) is 27.7 Å². The number of carboxylic acid groups (broad SMARTS) is 1. The Labute approximate surface area is 173 Å². The lowest BCUT2D eigenvalue weighted by Crippen LogP contribution is -2.53. The van der Waals surface area contributed by atoms with Crippen LogP contribution < -0.4 is 0 Å². The molecule has 0 radical (unpaired) electrons. The van der Waals surface area contributed by atoms with Gasteiger partial charge in [0.25, 0.3) is 0 Å². The molecule has 28 heavy (non-hydrogen) atoms. The Kier molecular flexibility index (Phi) is 7.35. The molecular formula is C21H26BrFN2O3. The summed E-state index contributed by atoms with van der Waals surface area (Å²) in [5.74, 6) is -2.78. The van der Waals surface area contributed by atoms with E-state index in [4.69, 9.17) is 4.74 Å². The number of nitriles is 1. The minimum absolute atomic E-state index is 0.187. The molecule has 0 amide bonds. The summed E-state index contributed by atoms with van der Waals surface area (Å²) < 4.78 is 19.6. The van der Waals surface area contributed by atoms with Crippen LogP contribution in [0.1, 0.15) is 51.5 Å². The summed E-state index contributed by atoms with van der Waals surface area (Å²) >= 11 is 3.39. The lowest BCUT2D eigenvalue weighted by atomic mass is 9.57. The van der Waals surface area contributed by atoms with Crippen LogP contribution in [0, 0.1) is 28.5 Å². The fraction of sp³-hybridized carbons (Fsp3) is 0.571. The Bertz CT molecular complexity index is 807. The summed E-state index contributed by atoms with van der Waals surface area (Å²) in [4.78, 5) is 17.5. The van der Waals surface area contributed by atoms with Crippen molar-refractivity contribution in [3.63, 3.8) is 0 Å². The number of aliphatic carboxylic acids is 1. The van der Waals surface area contributed by atoms with Crippen molar-refractivity contribution in [2.45, 2.75) is 58.1 Å². The van der Waals surface area contributed by atoms with Gasteiger partial charge in [0.05, 0.1) is 29.5 Å². The lowest BCUT2D eigenvalue weighted by Gasteiger charge is -2.47. The fourth-order valence-electron chi connectivity index (χ4n) is 4.36. The van der Waals surface area contributed by atoms with E-state index in [9.17, 15) is 19.6 Å². The number of hydrogen-bond donors (Lipinski definition) is 1. The first-order valence-corrected chi connectivity index (χ1v) is 10.2. The van der Waals surface area contributed by atoms with Gasteiger partial charge in [-0.2, -0.15) is 5.26 Å². The number of nitrogens with zero attached hydrogens (tertiary/aromatic N) is 2. The van der Waals surface area contributed by atoms with Crippen molar-refractivity contribution in [1.82, 2.24) is 0 Å². The highest BCUT2D eigenvalue weighted by molar-refractivity contribution is 9.10. The summed E-state index contributed by atoms with van der Waals surface area (Å²) in [6, 6.07) is 5.91. The molecule has 0 aromatic heterocycles. The van der Waals surface area contributed by atoms with Crippen LogP contribution in [0.2, 0.25) is 0 Å². The number of carbonyl (C=O) groups is 1. The van der Waals surface area contributed by atoms with Gasteiger partial charge in [-0.3, -0.25) is 9.79 Å². The van der Waals surface area contributed by atoms with Crippen LogP contribution in [-0.4, -0.2) is 36.0 Å². The third-order valence-electron chi connectivity index (χ3n) is 5.75. The van der Waals surface area contributed by atoms with Crippen molar-refractivity contribution in [3.8, 4) is 6.07 Å². The van der Waals surface area contributed by atoms with Gasteiger partial charge < -0.3 is 9.84 Å². The molecule has 0 saturated carbocycles. The number of carboxylic acids is 1. The number of rotatable bonds is 7. The van der Waals surface area contributed by atoms with E-state index in [1.165, 1.54) is 12.1 Å². The summed E-state index contributed by atoms with van der Waals surface area (Å²) in [6.45, 7) is 5.56. The Morgan fingerprint density at radius 1 is 1.54 bits per heavy atom. The van der Waals surface area contributed by atoms with Gasteiger partial charge in [-0.05, 0) is 44.4 Å². The van der Waals surface area contributed by atoms with Crippen molar-refractivity contribution in [2.24, 2.45) is 16.3 Å². The molecule has 7 heteroatoms. The molecule has 2 rings (SSSR count). The first-order valence-electron chi connectivity index (χ1n) is 9.37. The summed E-state index contributed by atoms with van der Waals surface area (Å²) in [5, 5.41) is 20.3. The van der Waals surface area contributed by atoms with Crippen molar-refractivity contribution >= 4 is 27.6 Å². The molecule has 152 valence electrons. The molecule has 1 aliphatic heterocycles. The molecule has 1 aromatic rings. The topological polar surface area (TPSA) is 82.7 Å². The Balaban J connectivity index is 2.79. The second kappa shape index (κ2) is 9.15. The predicted octanol–water partition coefficient (Wildman–Crippen LogP) is 4.95. The zero-order valence-electron chi connectivity index (χ0n) is 16.6. The Morgan fingerprint density at radius 3 is 2.71 bits per heavy atom. The van der Waals surface area contributed by atoms with Crippen LogP contribution in [0.25, 0.3) is 0 Å². The second-order valence-corrected chi connectivity index (χ2v) is 8.27. The molecule has 5 atom stereocenters. The molecule has 1 heterocycles. The van der Waals surface area contributed by atoms with E-state index in [0.717, 1.165) is 0 Å². The first kappa shape index (κ1) is 22.5. The van der Waals surface area contributed by atoms with Gasteiger partial charge in [-0.25, -0.2) is 4.39 Å². The standard InChI is InChI=1S/C21H26BrFN2O3/c1-5-8-21(20(26)27)18(9-12(2)28-4)25-13(3)16(11-24)19(21)15-7-6-14(23)10-17(15)22/h6-7,10,12,16,18-19H,5,8-9H2,1-4H3,(H,26,27). The zero-order valence-corrected chi connectivity index (χ0v) is 18.2.